The van der Waals surface area contributed by atoms with Crippen LogP contribution < -0.4 is 20.8 Å². The summed E-state index contributed by atoms with van der Waals surface area (Å²) in [5, 5.41) is 8.82. The number of halogens is 3. The Bertz CT molecular complexity index is 1110. The van der Waals surface area contributed by atoms with Crippen molar-refractivity contribution in [3.05, 3.63) is 34.4 Å². The molecule has 0 amide bonds. The number of aromatic nitrogens is 1. The summed E-state index contributed by atoms with van der Waals surface area (Å²) in [6.07, 6.45) is -0.531. The Hall–Kier alpha value is -2.43. The molecule has 8 nitrogen and oxygen atoms in total. The number of hydrogen-bond acceptors (Lipinski definition) is 6. The first-order valence-electron chi connectivity index (χ1n) is 9.85. The van der Waals surface area contributed by atoms with Gasteiger partial charge >= 0.3 is 6.16 Å². The van der Waals surface area contributed by atoms with E-state index < -0.39 is 41.0 Å². The van der Waals surface area contributed by atoms with Crippen molar-refractivity contribution in [3.63, 3.8) is 0 Å². The Kier molecular flexibility index (Phi) is 5.35. The van der Waals surface area contributed by atoms with E-state index in [1.54, 1.807) is 0 Å². The zero-order chi connectivity index (χ0) is 21.2. The van der Waals surface area contributed by atoms with Gasteiger partial charge in [0.2, 0.25) is 5.43 Å². The average Bonchev–Trinajstić information content (AvgIpc) is 3.13. The number of nitrogens with zero attached hydrogens (tertiary/aromatic N) is 2. The van der Waals surface area contributed by atoms with E-state index in [0.29, 0.717) is 31.8 Å². The van der Waals surface area contributed by atoms with Crippen LogP contribution in [0.3, 0.4) is 0 Å². The number of ether oxygens (including phenoxy) is 2. The largest absolute Gasteiger partial charge is 0.511 e. The number of nitrogens with two attached hydrogens (primary N) is 1. The molecule has 2 unspecified atom stereocenters. The van der Waals surface area contributed by atoms with Crippen molar-refractivity contribution in [1.29, 1.82) is 0 Å². The molecule has 2 aliphatic heterocycles. The summed E-state index contributed by atoms with van der Waals surface area (Å²) in [4.78, 5) is 25.4. The minimum absolute atomic E-state index is 0. The van der Waals surface area contributed by atoms with E-state index in [-0.39, 0.29) is 35.8 Å². The maximum Gasteiger partial charge on any atom is 0.511 e. The third-order valence-electron chi connectivity index (χ3n) is 6.49. The van der Waals surface area contributed by atoms with Crippen LogP contribution >= 0.6 is 12.4 Å². The minimum Gasteiger partial charge on any atom is -0.449 e. The SMILES string of the molecule is Cl.NCC12CN(c3cc4c(cc3F)c(=O)c(OC(=O)O)cn4[C@@H]3C[C@@H]3F)CC1CCO2. The highest BCUT2D eigenvalue weighted by molar-refractivity contribution is 5.86. The summed E-state index contributed by atoms with van der Waals surface area (Å²) < 4.78 is 40.8. The van der Waals surface area contributed by atoms with Crippen molar-refractivity contribution in [1.82, 2.24) is 4.57 Å². The van der Waals surface area contributed by atoms with E-state index in [1.165, 1.54) is 16.8 Å². The van der Waals surface area contributed by atoms with E-state index in [1.807, 2.05) is 4.90 Å². The van der Waals surface area contributed by atoms with Gasteiger partial charge in [0, 0.05) is 38.6 Å². The van der Waals surface area contributed by atoms with Gasteiger partial charge < -0.3 is 29.8 Å². The topological polar surface area (TPSA) is 107 Å². The molecule has 1 saturated carbocycles. The minimum atomic E-state index is -1.67. The van der Waals surface area contributed by atoms with Gasteiger partial charge in [-0.15, -0.1) is 12.4 Å². The van der Waals surface area contributed by atoms with Crippen LogP contribution in [-0.4, -0.2) is 53.8 Å². The molecular formula is C20H22ClF2N3O5. The van der Waals surface area contributed by atoms with Crippen molar-refractivity contribution in [3.8, 4) is 5.75 Å². The fourth-order valence-corrected chi connectivity index (χ4v) is 4.80. The van der Waals surface area contributed by atoms with E-state index in [9.17, 15) is 14.0 Å². The molecule has 2 saturated heterocycles. The number of carbonyl (C=O) groups is 1. The molecule has 0 bridgehead atoms. The number of anilines is 1. The molecule has 4 atom stereocenters. The molecule has 3 heterocycles. The van der Waals surface area contributed by atoms with Crippen LogP contribution in [0.25, 0.3) is 10.9 Å². The normalized spacial score (nSPS) is 29.0. The first-order valence-corrected chi connectivity index (χ1v) is 9.85. The highest BCUT2D eigenvalue weighted by Gasteiger charge is 2.50. The Morgan fingerprint density at radius 1 is 1.42 bits per heavy atom. The Morgan fingerprint density at radius 3 is 2.77 bits per heavy atom. The van der Waals surface area contributed by atoms with E-state index in [4.69, 9.17) is 15.6 Å². The molecule has 1 aromatic heterocycles. The first-order chi connectivity index (χ1) is 14.3. The van der Waals surface area contributed by atoms with E-state index in [0.717, 1.165) is 12.5 Å². The van der Waals surface area contributed by atoms with E-state index >= 15 is 4.39 Å². The van der Waals surface area contributed by atoms with Gasteiger partial charge in [-0.3, -0.25) is 4.79 Å². The van der Waals surface area contributed by atoms with Crippen molar-refractivity contribution in [2.24, 2.45) is 11.7 Å². The summed E-state index contributed by atoms with van der Waals surface area (Å²) in [7, 11) is 0. The van der Waals surface area contributed by atoms with Gasteiger partial charge in [-0.25, -0.2) is 13.6 Å². The van der Waals surface area contributed by atoms with Crippen LogP contribution in [0.2, 0.25) is 0 Å². The van der Waals surface area contributed by atoms with Gasteiger partial charge in [-0.1, -0.05) is 0 Å². The molecule has 0 spiro atoms. The van der Waals surface area contributed by atoms with Gasteiger partial charge in [0.25, 0.3) is 0 Å². The van der Waals surface area contributed by atoms with Gasteiger partial charge in [0.1, 0.15) is 17.6 Å². The maximum atomic E-state index is 15.1. The summed E-state index contributed by atoms with van der Waals surface area (Å²) in [5.41, 5.74) is 5.29. The third kappa shape index (κ3) is 3.42. The zero-order valence-electron chi connectivity index (χ0n) is 16.4. The standard InChI is InChI=1S/C20H21F2N3O5.ClH/c21-12-3-11-14(5-15(12)24-6-10-1-2-29-20(10,8-23)9-24)25(16-4-13(16)22)7-17(18(11)26)30-19(27)28;/h3,5,7,10,13,16H,1-2,4,6,8-9,23H2,(H,27,28);1H/t10?,13-,16+,20?;/m0./s1. The predicted octanol–water partition coefficient (Wildman–Crippen LogP) is 2.46. The van der Waals surface area contributed by atoms with Crippen molar-refractivity contribution >= 4 is 35.2 Å². The number of benzene rings is 1. The molecule has 11 heteroatoms. The summed E-state index contributed by atoms with van der Waals surface area (Å²) >= 11 is 0. The maximum absolute atomic E-state index is 15.1. The molecular weight excluding hydrogens is 436 g/mol. The fraction of sp³-hybridized carbons (Fsp3) is 0.500. The number of pyridine rings is 1. The second-order valence-electron chi connectivity index (χ2n) is 8.22. The summed E-state index contributed by atoms with van der Waals surface area (Å²) in [6.45, 7) is 1.95. The lowest BCUT2D eigenvalue weighted by molar-refractivity contribution is 0.0126. The van der Waals surface area contributed by atoms with Crippen molar-refractivity contribution in [2.75, 3.05) is 31.1 Å². The lowest BCUT2D eigenvalue weighted by Gasteiger charge is -2.27. The number of carboxylic acid groups (broad SMARTS) is 1. The Morgan fingerprint density at radius 2 is 2.16 bits per heavy atom. The molecule has 0 radical (unpaired) electrons. The Balaban J connectivity index is 0.00000231. The smallest absolute Gasteiger partial charge is 0.449 e. The number of hydrogen-bond donors (Lipinski definition) is 2. The fourth-order valence-electron chi connectivity index (χ4n) is 4.80. The van der Waals surface area contributed by atoms with Crippen molar-refractivity contribution < 1.29 is 28.2 Å². The summed E-state index contributed by atoms with van der Waals surface area (Å²) in [6, 6.07) is 2.03. The molecule has 1 aliphatic carbocycles. The molecule has 1 aromatic carbocycles. The molecule has 31 heavy (non-hydrogen) atoms. The lowest BCUT2D eigenvalue weighted by Crippen LogP contribution is -2.44. The van der Waals surface area contributed by atoms with Gasteiger partial charge in [0.15, 0.2) is 5.75 Å². The molecule has 168 valence electrons. The number of alkyl halides is 1. The molecule has 3 fully saturated rings. The number of fused-ring (bicyclic) bond motifs is 2. The average molecular weight is 458 g/mol. The quantitative estimate of drug-likeness (QED) is 0.679. The third-order valence-corrected chi connectivity index (χ3v) is 6.49. The van der Waals surface area contributed by atoms with Gasteiger partial charge in [-0.05, 0) is 18.6 Å². The summed E-state index contributed by atoms with van der Waals surface area (Å²) in [5.74, 6) is -0.921. The second kappa shape index (κ2) is 7.61. The van der Waals surface area contributed by atoms with Crippen LogP contribution in [0, 0.1) is 11.7 Å². The van der Waals surface area contributed by atoms with Crippen LogP contribution in [-0.2, 0) is 4.74 Å². The van der Waals surface area contributed by atoms with Gasteiger partial charge in [-0.2, -0.15) is 0 Å². The predicted molar refractivity (Wildman–Crippen MR) is 111 cm³/mol. The van der Waals surface area contributed by atoms with Crippen LogP contribution in [0.4, 0.5) is 19.3 Å². The van der Waals surface area contributed by atoms with Gasteiger partial charge in [0.05, 0.1) is 28.8 Å². The second-order valence-corrected chi connectivity index (χ2v) is 8.22. The molecule has 3 aliphatic rings. The first kappa shape index (κ1) is 21.8. The molecule has 3 N–H and O–H groups in total. The monoisotopic (exact) mass is 457 g/mol. The number of rotatable bonds is 4. The van der Waals surface area contributed by atoms with Crippen LogP contribution in [0.1, 0.15) is 18.9 Å². The highest BCUT2D eigenvalue weighted by Crippen LogP contribution is 2.44. The van der Waals surface area contributed by atoms with Crippen molar-refractivity contribution in [2.45, 2.75) is 30.7 Å². The van der Waals surface area contributed by atoms with E-state index in [2.05, 4.69) is 4.74 Å². The van der Waals surface area contributed by atoms with Crippen LogP contribution in [0.5, 0.6) is 5.75 Å². The highest BCUT2D eigenvalue weighted by atomic mass is 35.5. The molecule has 2 aromatic rings. The van der Waals surface area contributed by atoms with Crippen LogP contribution in [0.15, 0.2) is 23.1 Å². The lowest BCUT2D eigenvalue weighted by atomic mass is 9.91. The zero-order valence-corrected chi connectivity index (χ0v) is 17.2. The molecule has 5 rings (SSSR count). The Labute approximate surface area is 181 Å².